The van der Waals surface area contributed by atoms with E-state index in [-0.39, 0.29) is 5.91 Å². The smallest absolute Gasteiger partial charge is 0.224 e. The van der Waals surface area contributed by atoms with Crippen LogP contribution in [0.3, 0.4) is 0 Å². The Balaban J connectivity index is 1.85. The topological polar surface area (TPSA) is 44.9 Å². The molecule has 1 heterocycles. The van der Waals surface area contributed by atoms with Gasteiger partial charge in [0.05, 0.1) is 0 Å². The Kier molecular flexibility index (Phi) is 3.98. The number of carbonyl (C=O) groups is 1. The van der Waals surface area contributed by atoms with Gasteiger partial charge >= 0.3 is 0 Å². The lowest BCUT2D eigenvalue weighted by Gasteiger charge is -2.04. The molecule has 4 heteroatoms. The number of halogens is 1. The number of hydrogen-bond acceptors (Lipinski definition) is 1. The van der Waals surface area contributed by atoms with Gasteiger partial charge in [0.1, 0.15) is 0 Å². The van der Waals surface area contributed by atoms with Gasteiger partial charge in [-0.15, -0.1) is 0 Å². The second kappa shape index (κ2) is 5.68. The van der Waals surface area contributed by atoms with Crippen molar-refractivity contribution in [2.45, 2.75) is 12.8 Å². The summed E-state index contributed by atoms with van der Waals surface area (Å²) in [5.74, 6) is 0.0256. The predicted molar refractivity (Wildman–Crippen MR) is 71.9 cm³/mol. The maximum Gasteiger partial charge on any atom is 0.224 e. The van der Waals surface area contributed by atoms with E-state index in [9.17, 15) is 4.79 Å². The average Bonchev–Trinajstić information content (AvgIpc) is 2.79. The van der Waals surface area contributed by atoms with Crippen LogP contribution in [0.4, 0.5) is 5.69 Å². The van der Waals surface area contributed by atoms with Gasteiger partial charge in [0.15, 0.2) is 0 Å². The molecule has 0 unspecified atom stereocenters. The van der Waals surface area contributed by atoms with Crippen molar-refractivity contribution in [3.8, 4) is 0 Å². The SMILES string of the molecule is O=C(CCc1ccc[nH]1)Nc1cccc(Br)c1. The standard InChI is InChI=1S/C13H13BrN2O/c14-10-3-1-4-12(9-10)16-13(17)7-6-11-5-2-8-15-11/h1-5,8-9,15H,6-7H2,(H,16,17). The number of H-pyrrole nitrogens is 1. The van der Waals surface area contributed by atoms with Crippen LogP contribution in [-0.4, -0.2) is 10.9 Å². The molecule has 1 aromatic carbocycles. The van der Waals surface area contributed by atoms with Crippen LogP contribution in [0.15, 0.2) is 47.1 Å². The summed E-state index contributed by atoms with van der Waals surface area (Å²) >= 11 is 3.37. The van der Waals surface area contributed by atoms with Crippen molar-refractivity contribution < 1.29 is 4.79 Å². The van der Waals surface area contributed by atoms with E-state index in [1.165, 1.54) is 0 Å². The first-order chi connectivity index (χ1) is 8.24. The molecule has 0 spiro atoms. The van der Waals surface area contributed by atoms with E-state index in [0.29, 0.717) is 6.42 Å². The van der Waals surface area contributed by atoms with Crippen LogP contribution in [0.25, 0.3) is 0 Å². The number of benzene rings is 1. The lowest BCUT2D eigenvalue weighted by atomic mass is 10.2. The molecule has 17 heavy (non-hydrogen) atoms. The number of nitrogens with one attached hydrogen (secondary N) is 2. The fraction of sp³-hybridized carbons (Fsp3) is 0.154. The van der Waals surface area contributed by atoms with Gasteiger partial charge in [-0.25, -0.2) is 0 Å². The summed E-state index contributed by atoms with van der Waals surface area (Å²) in [4.78, 5) is 14.8. The van der Waals surface area contributed by atoms with Crippen molar-refractivity contribution >= 4 is 27.5 Å². The number of aromatic nitrogens is 1. The monoisotopic (exact) mass is 292 g/mol. The van der Waals surface area contributed by atoms with Crippen LogP contribution >= 0.6 is 15.9 Å². The number of rotatable bonds is 4. The first-order valence-electron chi connectivity index (χ1n) is 5.42. The van der Waals surface area contributed by atoms with Crippen molar-refractivity contribution in [3.63, 3.8) is 0 Å². The summed E-state index contributed by atoms with van der Waals surface area (Å²) in [5.41, 5.74) is 1.89. The average molecular weight is 293 g/mol. The summed E-state index contributed by atoms with van der Waals surface area (Å²) in [5, 5.41) is 2.86. The minimum Gasteiger partial charge on any atom is -0.365 e. The van der Waals surface area contributed by atoms with E-state index < -0.39 is 0 Å². The third kappa shape index (κ3) is 3.75. The number of anilines is 1. The maximum absolute atomic E-state index is 11.7. The zero-order valence-electron chi connectivity index (χ0n) is 9.24. The third-order valence-corrected chi connectivity index (χ3v) is 2.89. The fourth-order valence-electron chi connectivity index (χ4n) is 1.56. The van der Waals surface area contributed by atoms with Crippen LogP contribution in [0.2, 0.25) is 0 Å². The van der Waals surface area contributed by atoms with Gasteiger partial charge in [-0.3, -0.25) is 4.79 Å². The highest BCUT2D eigenvalue weighted by molar-refractivity contribution is 9.10. The lowest BCUT2D eigenvalue weighted by molar-refractivity contribution is -0.116. The molecule has 0 saturated carbocycles. The van der Waals surface area contributed by atoms with E-state index in [2.05, 4.69) is 26.2 Å². The molecule has 88 valence electrons. The van der Waals surface area contributed by atoms with Gasteiger partial charge in [-0.05, 0) is 36.8 Å². The van der Waals surface area contributed by atoms with Crippen LogP contribution in [-0.2, 0) is 11.2 Å². The molecule has 0 bridgehead atoms. The normalized spacial score (nSPS) is 10.2. The van der Waals surface area contributed by atoms with Crippen molar-refractivity contribution in [2.24, 2.45) is 0 Å². The molecule has 0 aliphatic carbocycles. The Morgan fingerprint density at radius 1 is 1.29 bits per heavy atom. The van der Waals surface area contributed by atoms with Gasteiger partial charge in [-0.1, -0.05) is 22.0 Å². The molecule has 0 aliphatic heterocycles. The first kappa shape index (κ1) is 11.9. The second-order valence-electron chi connectivity index (χ2n) is 3.75. The van der Waals surface area contributed by atoms with Gasteiger partial charge in [0.2, 0.25) is 5.91 Å². The molecule has 2 rings (SSSR count). The molecule has 3 nitrogen and oxygen atoms in total. The Bertz CT molecular complexity index is 494. The molecule has 0 fully saturated rings. The summed E-state index contributed by atoms with van der Waals surface area (Å²) in [6, 6.07) is 11.5. The van der Waals surface area contributed by atoms with E-state index in [1.54, 1.807) is 0 Å². The molecule has 0 radical (unpaired) electrons. The molecule has 2 N–H and O–H groups in total. The zero-order valence-corrected chi connectivity index (χ0v) is 10.8. The summed E-state index contributed by atoms with van der Waals surface area (Å²) in [7, 11) is 0. The summed E-state index contributed by atoms with van der Waals surface area (Å²) in [6.07, 6.45) is 3.07. The summed E-state index contributed by atoms with van der Waals surface area (Å²) in [6.45, 7) is 0. The highest BCUT2D eigenvalue weighted by Crippen LogP contribution is 2.15. The van der Waals surface area contributed by atoms with Crippen molar-refractivity contribution in [3.05, 3.63) is 52.8 Å². The number of aromatic amines is 1. The van der Waals surface area contributed by atoms with E-state index in [4.69, 9.17) is 0 Å². The Morgan fingerprint density at radius 2 is 2.18 bits per heavy atom. The highest BCUT2D eigenvalue weighted by Gasteiger charge is 2.03. The van der Waals surface area contributed by atoms with Crippen LogP contribution in [0, 0.1) is 0 Å². The molecule has 0 aliphatic rings. The largest absolute Gasteiger partial charge is 0.365 e. The fourth-order valence-corrected chi connectivity index (χ4v) is 1.96. The Hall–Kier alpha value is -1.55. The number of aryl methyl sites for hydroxylation is 1. The number of hydrogen-bond donors (Lipinski definition) is 2. The third-order valence-electron chi connectivity index (χ3n) is 2.39. The predicted octanol–water partition coefficient (Wildman–Crippen LogP) is 3.35. The van der Waals surface area contributed by atoms with Crippen molar-refractivity contribution in [1.29, 1.82) is 0 Å². The first-order valence-corrected chi connectivity index (χ1v) is 6.21. The Labute approximate surface area is 108 Å². The van der Waals surface area contributed by atoms with Gasteiger partial charge in [-0.2, -0.15) is 0 Å². The quantitative estimate of drug-likeness (QED) is 0.892. The molecular weight excluding hydrogens is 280 g/mol. The number of carbonyl (C=O) groups excluding carboxylic acids is 1. The van der Waals surface area contributed by atoms with Crippen LogP contribution in [0.1, 0.15) is 12.1 Å². The molecule has 2 aromatic rings. The highest BCUT2D eigenvalue weighted by atomic mass is 79.9. The maximum atomic E-state index is 11.7. The van der Waals surface area contributed by atoms with Crippen molar-refractivity contribution in [2.75, 3.05) is 5.32 Å². The van der Waals surface area contributed by atoms with Gasteiger partial charge in [0, 0.05) is 28.5 Å². The molecule has 0 saturated heterocycles. The molecule has 1 amide bonds. The lowest BCUT2D eigenvalue weighted by Crippen LogP contribution is -2.12. The van der Waals surface area contributed by atoms with E-state index in [0.717, 1.165) is 22.3 Å². The summed E-state index contributed by atoms with van der Waals surface area (Å²) < 4.78 is 0.958. The molecular formula is C13H13BrN2O. The van der Waals surface area contributed by atoms with Crippen LogP contribution in [0.5, 0.6) is 0 Å². The zero-order chi connectivity index (χ0) is 12.1. The second-order valence-corrected chi connectivity index (χ2v) is 4.67. The van der Waals surface area contributed by atoms with Gasteiger partial charge in [0.25, 0.3) is 0 Å². The van der Waals surface area contributed by atoms with E-state index >= 15 is 0 Å². The van der Waals surface area contributed by atoms with E-state index in [1.807, 2.05) is 42.6 Å². The molecule has 1 aromatic heterocycles. The minimum atomic E-state index is 0.0256. The molecule has 0 atom stereocenters. The van der Waals surface area contributed by atoms with Gasteiger partial charge < -0.3 is 10.3 Å². The van der Waals surface area contributed by atoms with Crippen LogP contribution < -0.4 is 5.32 Å². The van der Waals surface area contributed by atoms with Crippen molar-refractivity contribution in [1.82, 2.24) is 4.98 Å². The minimum absolute atomic E-state index is 0.0256. The number of amides is 1. The Morgan fingerprint density at radius 3 is 2.88 bits per heavy atom.